The molecule has 0 fully saturated rings. The number of carbonyl (C=O) groups excluding carboxylic acids is 1. The second-order valence-electron chi connectivity index (χ2n) is 5.46. The third-order valence-corrected chi connectivity index (χ3v) is 4.40. The molecule has 0 rings (SSSR count). The quantitative estimate of drug-likeness (QED) is 0.269. The summed E-state index contributed by atoms with van der Waals surface area (Å²) in [4.78, 5) is 10.0. The van der Waals surface area contributed by atoms with Crippen molar-refractivity contribution in [1.82, 2.24) is 0 Å². The van der Waals surface area contributed by atoms with E-state index >= 15 is 0 Å². The van der Waals surface area contributed by atoms with Gasteiger partial charge in [0, 0.05) is 0 Å². The number of carboxylic acid groups (broad SMARTS) is 1. The molecule has 1 atom stereocenters. The first-order chi connectivity index (χ1) is 9.18. The van der Waals surface area contributed by atoms with Gasteiger partial charge in [-0.2, -0.15) is 0 Å². The van der Waals surface area contributed by atoms with Gasteiger partial charge in [-0.05, 0) is 6.42 Å². The van der Waals surface area contributed by atoms with E-state index < -0.39 is 10.8 Å². The van der Waals surface area contributed by atoms with Crippen molar-refractivity contribution in [2.45, 2.75) is 95.2 Å². The Kier molecular flexibility index (Phi) is 20.9. The average Bonchev–Trinajstić information content (AvgIpc) is 2.39. The standard InChI is InChI=1S/C16H31BrO2.Na/c1-2-3-4-5-6-7-8-9-10-11-12-13-14-15(17)16(18)19;/h15H,2-14H2,1H3,(H,18,19);/q;+1/p-1. The average molecular weight is 357 g/mol. The molecule has 0 aliphatic rings. The molecule has 4 heteroatoms. The fourth-order valence-electron chi connectivity index (χ4n) is 2.28. The molecule has 114 valence electrons. The number of hydrogen-bond donors (Lipinski definition) is 0. The van der Waals surface area contributed by atoms with Gasteiger partial charge in [-0.25, -0.2) is 0 Å². The Hall–Kier alpha value is 0.950. The number of carbonyl (C=O) groups is 1. The Morgan fingerprint density at radius 3 is 1.55 bits per heavy atom. The van der Waals surface area contributed by atoms with Crippen LogP contribution in [0.25, 0.3) is 0 Å². The maximum atomic E-state index is 10.5. The van der Waals surface area contributed by atoms with Crippen molar-refractivity contribution >= 4 is 21.9 Å². The number of hydrogen-bond acceptors (Lipinski definition) is 2. The van der Waals surface area contributed by atoms with Crippen LogP contribution in [0.5, 0.6) is 0 Å². The summed E-state index contributed by atoms with van der Waals surface area (Å²) in [5, 5.41) is 10.5. The summed E-state index contributed by atoms with van der Waals surface area (Å²) in [6.45, 7) is 2.25. The first-order valence-electron chi connectivity index (χ1n) is 8.03. The fraction of sp³-hybridized carbons (Fsp3) is 0.938. The smallest absolute Gasteiger partial charge is 0.549 e. The summed E-state index contributed by atoms with van der Waals surface area (Å²) in [7, 11) is 0. The zero-order valence-corrected chi connectivity index (χ0v) is 17.1. The van der Waals surface area contributed by atoms with Gasteiger partial charge in [0.15, 0.2) is 0 Å². The summed E-state index contributed by atoms with van der Waals surface area (Å²) >= 11 is 3.11. The molecule has 0 radical (unpaired) electrons. The molecular formula is C16H30BrNaO2. The van der Waals surface area contributed by atoms with E-state index in [1.165, 1.54) is 64.2 Å². The molecular weight excluding hydrogens is 327 g/mol. The molecule has 0 spiro atoms. The van der Waals surface area contributed by atoms with Gasteiger partial charge in [-0.1, -0.05) is 99.9 Å². The number of rotatable bonds is 14. The number of carboxylic acids is 1. The van der Waals surface area contributed by atoms with Gasteiger partial charge < -0.3 is 9.90 Å². The van der Waals surface area contributed by atoms with E-state index in [4.69, 9.17) is 0 Å². The minimum atomic E-state index is -0.983. The fourth-order valence-corrected chi connectivity index (χ4v) is 2.61. The molecule has 0 amide bonds. The summed E-state index contributed by atoms with van der Waals surface area (Å²) in [6.07, 6.45) is 16.4. The molecule has 0 aliphatic heterocycles. The topological polar surface area (TPSA) is 40.1 Å². The minimum Gasteiger partial charge on any atom is -0.549 e. The third-order valence-electron chi connectivity index (χ3n) is 3.57. The zero-order chi connectivity index (χ0) is 14.3. The van der Waals surface area contributed by atoms with Crippen LogP contribution in [0, 0.1) is 0 Å². The molecule has 0 aromatic rings. The summed E-state index contributed by atoms with van der Waals surface area (Å²) in [5.74, 6) is -0.983. The minimum absolute atomic E-state index is 0. The van der Waals surface area contributed by atoms with Crippen LogP contribution in [0.3, 0.4) is 0 Å². The van der Waals surface area contributed by atoms with Crippen molar-refractivity contribution in [2.75, 3.05) is 0 Å². The normalized spacial score (nSPS) is 11.9. The maximum absolute atomic E-state index is 10.5. The second kappa shape index (κ2) is 18.0. The molecule has 0 bridgehead atoms. The van der Waals surface area contributed by atoms with Crippen LogP contribution in [0.2, 0.25) is 0 Å². The first kappa shape index (κ1) is 23.2. The molecule has 0 saturated heterocycles. The van der Waals surface area contributed by atoms with Gasteiger partial charge in [0.1, 0.15) is 0 Å². The van der Waals surface area contributed by atoms with Crippen molar-refractivity contribution in [2.24, 2.45) is 0 Å². The van der Waals surface area contributed by atoms with Gasteiger partial charge in [0.2, 0.25) is 0 Å². The van der Waals surface area contributed by atoms with Crippen molar-refractivity contribution in [3.63, 3.8) is 0 Å². The summed E-state index contributed by atoms with van der Waals surface area (Å²) < 4.78 is 0. The van der Waals surface area contributed by atoms with Gasteiger partial charge in [0.05, 0.1) is 10.8 Å². The Morgan fingerprint density at radius 1 is 0.850 bits per heavy atom. The second-order valence-corrected chi connectivity index (χ2v) is 6.57. The Bertz CT molecular complexity index is 213. The van der Waals surface area contributed by atoms with Crippen molar-refractivity contribution in [3.8, 4) is 0 Å². The monoisotopic (exact) mass is 356 g/mol. The summed E-state index contributed by atoms with van der Waals surface area (Å²) in [6, 6.07) is 0. The molecule has 1 unspecified atom stereocenters. The van der Waals surface area contributed by atoms with Crippen LogP contribution >= 0.6 is 15.9 Å². The van der Waals surface area contributed by atoms with Gasteiger partial charge in [-0.15, -0.1) is 0 Å². The van der Waals surface area contributed by atoms with Crippen molar-refractivity contribution < 1.29 is 39.5 Å². The molecule has 0 saturated carbocycles. The Labute approximate surface area is 155 Å². The van der Waals surface area contributed by atoms with Gasteiger partial charge in [0.25, 0.3) is 0 Å². The molecule has 0 aliphatic carbocycles. The molecule has 0 aromatic heterocycles. The molecule has 20 heavy (non-hydrogen) atoms. The van der Waals surface area contributed by atoms with Gasteiger partial charge >= 0.3 is 29.6 Å². The molecule has 0 N–H and O–H groups in total. The van der Waals surface area contributed by atoms with E-state index in [0.29, 0.717) is 6.42 Å². The van der Waals surface area contributed by atoms with E-state index in [2.05, 4.69) is 22.9 Å². The Balaban J connectivity index is 0. The third kappa shape index (κ3) is 17.0. The van der Waals surface area contributed by atoms with Crippen molar-refractivity contribution in [1.29, 1.82) is 0 Å². The predicted molar refractivity (Wildman–Crippen MR) is 83.4 cm³/mol. The van der Waals surface area contributed by atoms with Crippen LogP contribution < -0.4 is 34.7 Å². The molecule has 0 aromatic carbocycles. The number of alkyl halides is 1. The first-order valence-corrected chi connectivity index (χ1v) is 8.95. The number of aliphatic carboxylic acids is 1. The zero-order valence-electron chi connectivity index (χ0n) is 13.5. The van der Waals surface area contributed by atoms with Gasteiger partial charge in [-0.3, -0.25) is 0 Å². The number of unbranched alkanes of at least 4 members (excludes halogenated alkanes) is 11. The van der Waals surface area contributed by atoms with E-state index in [9.17, 15) is 9.90 Å². The maximum Gasteiger partial charge on any atom is 1.00 e. The molecule has 2 nitrogen and oxygen atoms in total. The van der Waals surface area contributed by atoms with Crippen molar-refractivity contribution in [3.05, 3.63) is 0 Å². The Morgan fingerprint density at radius 2 is 1.20 bits per heavy atom. The van der Waals surface area contributed by atoms with Crippen LogP contribution in [0.1, 0.15) is 90.4 Å². The van der Waals surface area contributed by atoms with Crippen LogP contribution in [-0.4, -0.2) is 10.8 Å². The van der Waals surface area contributed by atoms with E-state index in [1.54, 1.807) is 0 Å². The number of halogens is 1. The summed E-state index contributed by atoms with van der Waals surface area (Å²) in [5.41, 5.74) is 0. The van der Waals surface area contributed by atoms with E-state index in [1.807, 2.05) is 0 Å². The van der Waals surface area contributed by atoms with Crippen LogP contribution in [0.4, 0.5) is 0 Å². The molecule has 0 heterocycles. The van der Waals surface area contributed by atoms with Crippen LogP contribution in [0.15, 0.2) is 0 Å². The van der Waals surface area contributed by atoms with Crippen LogP contribution in [-0.2, 0) is 4.79 Å². The SMILES string of the molecule is CCCCCCCCCCCCCCC(Br)C(=O)[O-].[Na+]. The largest absolute Gasteiger partial charge is 1.00 e. The van der Waals surface area contributed by atoms with E-state index in [0.717, 1.165) is 12.8 Å². The predicted octanol–water partition coefficient (Wildman–Crippen LogP) is 1.59. The van der Waals surface area contributed by atoms with E-state index in [-0.39, 0.29) is 29.6 Å².